The number of H-pyrrole nitrogens is 1. The fourth-order valence-corrected chi connectivity index (χ4v) is 3.02. The molecule has 0 spiro atoms. The number of nitrogens with zero attached hydrogens (tertiary/aromatic N) is 1. The van der Waals surface area contributed by atoms with Gasteiger partial charge in [-0.05, 0) is 42.5 Å². The number of carbonyl (C=O) groups excluding carboxylic acids is 3. The molecule has 0 saturated carbocycles. The van der Waals surface area contributed by atoms with Crippen molar-refractivity contribution in [2.75, 3.05) is 6.54 Å². The zero-order chi connectivity index (χ0) is 16.4. The summed E-state index contributed by atoms with van der Waals surface area (Å²) in [5.41, 5.74) is 2.14. The zero-order valence-corrected chi connectivity index (χ0v) is 13.0. The summed E-state index contributed by atoms with van der Waals surface area (Å²) in [6.45, 7) is 2.24. The molecule has 0 bridgehead atoms. The Bertz CT molecular complexity index is 765. The van der Waals surface area contributed by atoms with Crippen molar-refractivity contribution in [1.82, 2.24) is 15.2 Å². The SMILES string of the molecule is CCN(C(=O)CCc1ccc2[nH]ccc2c1)C1CC(=O)NC1=O. The highest BCUT2D eigenvalue weighted by molar-refractivity contribution is 6.06. The number of aryl methyl sites for hydroxylation is 1. The number of rotatable bonds is 5. The van der Waals surface area contributed by atoms with E-state index in [-0.39, 0.29) is 24.1 Å². The third kappa shape index (κ3) is 3.11. The number of likely N-dealkylation sites (N-methyl/N-ethyl adjacent to an activating group) is 1. The number of hydrogen-bond acceptors (Lipinski definition) is 3. The fourth-order valence-electron chi connectivity index (χ4n) is 3.02. The number of aromatic amines is 1. The quantitative estimate of drug-likeness (QED) is 0.818. The summed E-state index contributed by atoms with van der Waals surface area (Å²) in [5, 5.41) is 3.37. The van der Waals surface area contributed by atoms with Crippen LogP contribution in [0.1, 0.15) is 25.3 Å². The first kappa shape index (κ1) is 15.3. The summed E-state index contributed by atoms with van der Waals surface area (Å²) in [6, 6.07) is 7.38. The second-order valence-electron chi connectivity index (χ2n) is 5.71. The molecule has 1 atom stereocenters. The lowest BCUT2D eigenvalue weighted by molar-refractivity contribution is -0.138. The number of hydrogen-bond donors (Lipinski definition) is 2. The highest BCUT2D eigenvalue weighted by atomic mass is 16.2. The van der Waals surface area contributed by atoms with Crippen molar-refractivity contribution in [3.05, 3.63) is 36.0 Å². The summed E-state index contributed by atoms with van der Waals surface area (Å²) < 4.78 is 0. The molecule has 1 aliphatic rings. The maximum Gasteiger partial charge on any atom is 0.249 e. The Morgan fingerprint density at radius 1 is 1.30 bits per heavy atom. The summed E-state index contributed by atoms with van der Waals surface area (Å²) >= 11 is 0. The van der Waals surface area contributed by atoms with Gasteiger partial charge >= 0.3 is 0 Å². The molecule has 6 nitrogen and oxygen atoms in total. The van der Waals surface area contributed by atoms with E-state index in [0.717, 1.165) is 16.5 Å². The first-order chi connectivity index (χ1) is 11.1. The van der Waals surface area contributed by atoms with Gasteiger partial charge in [0.1, 0.15) is 6.04 Å². The standard InChI is InChI=1S/C17H19N3O3/c1-2-20(14-10-15(21)19-17(14)23)16(22)6-4-11-3-5-13-12(9-11)7-8-18-13/h3,5,7-9,14,18H,2,4,6,10H2,1H3,(H,19,21,23). The van der Waals surface area contributed by atoms with E-state index >= 15 is 0 Å². The van der Waals surface area contributed by atoms with Gasteiger partial charge in [-0.2, -0.15) is 0 Å². The molecule has 1 aliphatic heterocycles. The molecule has 3 amide bonds. The maximum absolute atomic E-state index is 12.4. The summed E-state index contributed by atoms with van der Waals surface area (Å²) in [4.78, 5) is 40.1. The van der Waals surface area contributed by atoms with Crippen LogP contribution in [0.4, 0.5) is 0 Å². The van der Waals surface area contributed by atoms with Crippen molar-refractivity contribution in [1.29, 1.82) is 0 Å². The number of benzene rings is 1. The smallest absolute Gasteiger partial charge is 0.249 e. The van der Waals surface area contributed by atoms with Crippen LogP contribution in [0.3, 0.4) is 0 Å². The third-order valence-corrected chi connectivity index (χ3v) is 4.23. The Hall–Kier alpha value is -2.63. The van der Waals surface area contributed by atoms with Gasteiger partial charge in [0, 0.05) is 24.7 Å². The van der Waals surface area contributed by atoms with Gasteiger partial charge in [0.2, 0.25) is 17.7 Å². The molecule has 1 unspecified atom stereocenters. The fraction of sp³-hybridized carbons (Fsp3) is 0.353. The van der Waals surface area contributed by atoms with Crippen LogP contribution < -0.4 is 5.32 Å². The summed E-state index contributed by atoms with van der Waals surface area (Å²) in [6.07, 6.45) is 2.88. The van der Waals surface area contributed by atoms with Crippen LogP contribution >= 0.6 is 0 Å². The molecule has 2 aromatic rings. The minimum atomic E-state index is -0.660. The average molecular weight is 313 g/mol. The van der Waals surface area contributed by atoms with E-state index in [1.54, 1.807) is 0 Å². The second-order valence-corrected chi connectivity index (χ2v) is 5.71. The lowest BCUT2D eigenvalue weighted by atomic mass is 10.1. The van der Waals surface area contributed by atoms with Gasteiger partial charge in [0.15, 0.2) is 0 Å². The summed E-state index contributed by atoms with van der Waals surface area (Å²) in [5.74, 6) is -0.792. The van der Waals surface area contributed by atoms with Gasteiger partial charge in [-0.15, -0.1) is 0 Å². The summed E-state index contributed by atoms with van der Waals surface area (Å²) in [7, 11) is 0. The van der Waals surface area contributed by atoms with Gasteiger partial charge in [0.25, 0.3) is 0 Å². The van der Waals surface area contributed by atoms with E-state index in [1.165, 1.54) is 4.90 Å². The minimum absolute atomic E-state index is 0.0632. The Balaban J connectivity index is 1.65. The van der Waals surface area contributed by atoms with Crippen molar-refractivity contribution in [2.24, 2.45) is 0 Å². The van der Waals surface area contributed by atoms with Crippen LogP contribution in [-0.2, 0) is 20.8 Å². The lowest BCUT2D eigenvalue weighted by Gasteiger charge is -2.25. The van der Waals surface area contributed by atoms with Crippen LogP contribution in [0, 0.1) is 0 Å². The molecule has 1 fully saturated rings. The van der Waals surface area contributed by atoms with Gasteiger partial charge in [-0.3, -0.25) is 19.7 Å². The van der Waals surface area contributed by atoms with E-state index < -0.39 is 6.04 Å². The Morgan fingerprint density at radius 2 is 2.13 bits per heavy atom. The van der Waals surface area contributed by atoms with Gasteiger partial charge in [-0.25, -0.2) is 0 Å². The second kappa shape index (κ2) is 6.24. The van der Waals surface area contributed by atoms with Crippen molar-refractivity contribution in [2.45, 2.75) is 32.2 Å². The maximum atomic E-state index is 12.4. The van der Waals surface area contributed by atoms with Crippen molar-refractivity contribution >= 4 is 28.6 Å². The van der Waals surface area contributed by atoms with Crippen molar-refractivity contribution < 1.29 is 14.4 Å². The highest BCUT2D eigenvalue weighted by Gasteiger charge is 2.36. The molecular weight excluding hydrogens is 294 g/mol. The topological polar surface area (TPSA) is 82.3 Å². The number of fused-ring (bicyclic) bond motifs is 1. The Labute approximate surface area is 133 Å². The van der Waals surface area contributed by atoms with E-state index in [2.05, 4.69) is 16.4 Å². The van der Waals surface area contributed by atoms with Crippen LogP contribution in [0.25, 0.3) is 10.9 Å². The predicted molar refractivity (Wildman–Crippen MR) is 85.6 cm³/mol. The minimum Gasteiger partial charge on any atom is -0.361 e. The van der Waals surface area contributed by atoms with E-state index in [9.17, 15) is 14.4 Å². The first-order valence-electron chi connectivity index (χ1n) is 7.77. The van der Waals surface area contributed by atoms with E-state index in [4.69, 9.17) is 0 Å². The number of imide groups is 1. The number of aromatic nitrogens is 1. The normalized spacial score (nSPS) is 17.5. The van der Waals surface area contributed by atoms with Crippen LogP contribution in [0.5, 0.6) is 0 Å². The highest BCUT2D eigenvalue weighted by Crippen LogP contribution is 2.17. The lowest BCUT2D eigenvalue weighted by Crippen LogP contribution is -2.44. The van der Waals surface area contributed by atoms with E-state index in [1.807, 2.05) is 31.3 Å². The molecule has 1 saturated heterocycles. The average Bonchev–Trinajstić information content (AvgIpc) is 3.12. The third-order valence-electron chi connectivity index (χ3n) is 4.23. The number of nitrogens with one attached hydrogen (secondary N) is 2. The van der Waals surface area contributed by atoms with Gasteiger partial charge < -0.3 is 9.88 Å². The van der Waals surface area contributed by atoms with Crippen LogP contribution in [0.2, 0.25) is 0 Å². The molecule has 6 heteroatoms. The largest absolute Gasteiger partial charge is 0.361 e. The molecule has 0 aliphatic carbocycles. The van der Waals surface area contributed by atoms with Crippen LogP contribution in [-0.4, -0.2) is 40.2 Å². The molecule has 2 heterocycles. The van der Waals surface area contributed by atoms with Crippen molar-refractivity contribution in [3.8, 4) is 0 Å². The zero-order valence-electron chi connectivity index (χ0n) is 13.0. The molecule has 120 valence electrons. The van der Waals surface area contributed by atoms with E-state index in [0.29, 0.717) is 19.4 Å². The molecular formula is C17H19N3O3. The number of carbonyl (C=O) groups is 3. The van der Waals surface area contributed by atoms with Crippen LogP contribution in [0.15, 0.2) is 30.5 Å². The Morgan fingerprint density at radius 3 is 2.83 bits per heavy atom. The molecule has 1 aromatic heterocycles. The molecule has 1 aromatic carbocycles. The first-order valence-corrected chi connectivity index (χ1v) is 7.77. The number of amides is 3. The monoisotopic (exact) mass is 313 g/mol. The van der Waals surface area contributed by atoms with Gasteiger partial charge in [0.05, 0.1) is 6.42 Å². The van der Waals surface area contributed by atoms with Gasteiger partial charge in [-0.1, -0.05) is 6.07 Å². The Kier molecular flexibility index (Phi) is 4.14. The van der Waals surface area contributed by atoms with Crippen molar-refractivity contribution in [3.63, 3.8) is 0 Å². The molecule has 23 heavy (non-hydrogen) atoms. The molecule has 0 radical (unpaired) electrons. The molecule has 3 rings (SSSR count). The molecule has 2 N–H and O–H groups in total. The predicted octanol–water partition coefficient (Wildman–Crippen LogP) is 1.36.